The Kier molecular flexibility index (Phi) is 7.22. The van der Waals surface area contributed by atoms with Gasteiger partial charge in [0.15, 0.2) is 11.5 Å². The average Bonchev–Trinajstić information content (AvgIpc) is 3.22. The van der Waals surface area contributed by atoms with Crippen molar-refractivity contribution in [3.63, 3.8) is 0 Å². The number of carbonyl (C=O) groups excluding carboxylic acids is 1. The van der Waals surface area contributed by atoms with Crippen LogP contribution in [-0.2, 0) is 4.79 Å². The predicted molar refractivity (Wildman–Crippen MR) is 108 cm³/mol. The molecule has 0 aromatic heterocycles. The van der Waals surface area contributed by atoms with Crippen molar-refractivity contribution in [1.29, 1.82) is 0 Å². The SMILES string of the molecule is COc1cc(/C=C/C(=O)Oc2ccc(C3SCCS3)cc2)ccc1OC(F)F. The second-order valence-electron chi connectivity index (χ2n) is 5.69. The summed E-state index contributed by atoms with van der Waals surface area (Å²) in [6, 6.07) is 11.9. The van der Waals surface area contributed by atoms with Gasteiger partial charge in [0.25, 0.3) is 0 Å². The van der Waals surface area contributed by atoms with Crippen molar-refractivity contribution in [1.82, 2.24) is 0 Å². The Morgan fingerprint density at radius 1 is 1.11 bits per heavy atom. The smallest absolute Gasteiger partial charge is 0.387 e. The molecule has 1 aliphatic heterocycles. The van der Waals surface area contributed by atoms with Gasteiger partial charge < -0.3 is 14.2 Å². The van der Waals surface area contributed by atoms with Gasteiger partial charge in [0.2, 0.25) is 0 Å². The highest BCUT2D eigenvalue weighted by atomic mass is 32.2. The molecule has 0 spiro atoms. The molecule has 0 unspecified atom stereocenters. The first kappa shape index (κ1) is 20.5. The van der Waals surface area contributed by atoms with Crippen molar-refractivity contribution in [2.45, 2.75) is 11.2 Å². The number of ether oxygens (including phenoxy) is 3. The fraction of sp³-hybridized carbons (Fsp3) is 0.250. The minimum absolute atomic E-state index is 0.0732. The lowest BCUT2D eigenvalue weighted by molar-refractivity contribution is -0.128. The third-order valence-corrected chi connectivity index (χ3v) is 6.91. The molecule has 1 aliphatic rings. The van der Waals surface area contributed by atoms with Crippen molar-refractivity contribution in [3.05, 3.63) is 59.7 Å². The molecule has 0 bridgehead atoms. The summed E-state index contributed by atoms with van der Waals surface area (Å²) < 4.78 is 39.8. The second-order valence-corrected chi connectivity index (χ2v) is 8.41. The Hall–Kier alpha value is -2.19. The van der Waals surface area contributed by atoms with Crippen LogP contribution < -0.4 is 14.2 Å². The van der Waals surface area contributed by atoms with E-state index < -0.39 is 12.6 Å². The monoisotopic (exact) mass is 424 g/mol. The molecule has 0 atom stereocenters. The summed E-state index contributed by atoms with van der Waals surface area (Å²) in [5, 5.41) is 0. The summed E-state index contributed by atoms with van der Waals surface area (Å²) in [5.74, 6) is 2.30. The van der Waals surface area contributed by atoms with Crippen LogP contribution in [0.15, 0.2) is 48.5 Å². The molecular formula is C20H18F2O4S2. The van der Waals surface area contributed by atoms with E-state index in [2.05, 4.69) is 4.74 Å². The largest absolute Gasteiger partial charge is 0.493 e. The average molecular weight is 424 g/mol. The van der Waals surface area contributed by atoms with E-state index in [9.17, 15) is 13.6 Å². The lowest BCUT2D eigenvalue weighted by Crippen LogP contribution is -2.04. The summed E-state index contributed by atoms with van der Waals surface area (Å²) in [7, 11) is 1.35. The highest BCUT2D eigenvalue weighted by molar-refractivity contribution is 8.19. The first-order valence-electron chi connectivity index (χ1n) is 8.41. The van der Waals surface area contributed by atoms with Crippen LogP contribution in [0.1, 0.15) is 15.7 Å². The van der Waals surface area contributed by atoms with Crippen LogP contribution in [0.4, 0.5) is 8.78 Å². The summed E-state index contributed by atoms with van der Waals surface area (Å²) >= 11 is 3.82. The van der Waals surface area contributed by atoms with Crippen LogP contribution in [0.3, 0.4) is 0 Å². The van der Waals surface area contributed by atoms with E-state index in [1.165, 1.54) is 43.0 Å². The van der Waals surface area contributed by atoms with E-state index in [-0.39, 0.29) is 11.5 Å². The zero-order valence-electron chi connectivity index (χ0n) is 15.0. The van der Waals surface area contributed by atoms with Crippen LogP contribution in [0, 0.1) is 0 Å². The molecule has 0 saturated carbocycles. The fourth-order valence-electron chi connectivity index (χ4n) is 2.54. The van der Waals surface area contributed by atoms with Gasteiger partial charge in [-0.15, -0.1) is 23.5 Å². The molecule has 0 amide bonds. The van der Waals surface area contributed by atoms with E-state index in [1.54, 1.807) is 12.1 Å². The maximum Gasteiger partial charge on any atom is 0.387 e. The van der Waals surface area contributed by atoms with Gasteiger partial charge in [-0.1, -0.05) is 18.2 Å². The number of halogens is 2. The highest BCUT2D eigenvalue weighted by Crippen LogP contribution is 2.45. The minimum atomic E-state index is -2.94. The first-order valence-corrected chi connectivity index (χ1v) is 10.5. The molecule has 2 aromatic rings. The Bertz CT molecular complexity index is 835. The number of methoxy groups -OCH3 is 1. The Labute approximate surface area is 170 Å². The van der Waals surface area contributed by atoms with Crippen LogP contribution >= 0.6 is 23.5 Å². The highest BCUT2D eigenvalue weighted by Gasteiger charge is 2.18. The number of thioether (sulfide) groups is 2. The minimum Gasteiger partial charge on any atom is -0.493 e. The summed E-state index contributed by atoms with van der Waals surface area (Å²) in [5.41, 5.74) is 1.79. The lowest BCUT2D eigenvalue weighted by atomic mass is 10.2. The van der Waals surface area contributed by atoms with Crippen LogP contribution in [-0.4, -0.2) is 31.2 Å². The maximum absolute atomic E-state index is 12.4. The van der Waals surface area contributed by atoms with Gasteiger partial charge in [-0.05, 0) is 41.5 Å². The lowest BCUT2D eigenvalue weighted by Gasteiger charge is -2.10. The van der Waals surface area contributed by atoms with Crippen LogP contribution in [0.2, 0.25) is 0 Å². The van der Waals surface area contributed by atoms with Crippen LogP contribution in [0.5, 0.6) is 17.2 Å². The number of esters is 1. The topological polar surface area (TPSA) is 44.8 Å². The van der Waals surface area contributed by atoms with E-state index in [4.69, 9.17) is 9.47 Å². The molecule has 148 valence electrons. The van der Waals surface area contributed by atoms with Gasteiger partial charge >= 0.3 is 12.6 Å². The van der Waals surface area contributed by atoms with Gasteiger partial charge in [0, 0.05) is 17.6 Å². The van der Waals surface area contributed by atoms with E-state index in [0.717, 1.165) is 11.5 Å². The molecule has 28 heavy (non-hydrogen) atoms. The Morgan fingerprint density at radius 2 is 1.82 bits per heavy atom. The van der Waals surface area contributed by atoms with Gasteiger partial charge in [-0.2, -0.15) is 8.78 Å². The standard InChI is InChI=1S/C20H18F2O4S2/c1-24-17-12-13(2-8-16(17)26-20(21)22)3-9-18(23)25-15-6-4-14(5-7-15)19-27-10-11-28-19/h2-9,12,19-20H,10-11H2,1H3/b9-3+. The first-order chi connectivity index (χ1) is 13.5. The molecule has 2 aromatic carbocycles. The number of alkyl halides is 2. The molecule has 0 N–H and O–H groups in total. The van der Waals surface area contributed by atoms with Gasteiger partial charge in [0.05, 0.1) is 11.7 Å². The fourth-order valence-corrected chi connectivity index (χ4v) is 5.40. The van der Waals surface area contributed by atoms with Crippen molar-refractivity contribution >= 4 is 35.6 Å². The van der Waals surface area contributed by atoms with Gasteiger partial charge in [0.1, 0.15) is 5.75 Å². The Balaban J connectivity index is 1.60. The normalized spacial score (nSPS) is 14.6. The summed E-state index contributed by atoms with van der Waals surface area (Å²) in [6.45, 7) is -2.94. The van der Waals surface area contributed by atoms with Crippen molar-refractivity contribution in [2.24, 2.45) is 0 Å². The Morgan fingerprint density at radius 3 is 2.46 bits per heavy atom. The maximum atomic E-state index is 12.4. The second kappa shape index (κ2) is 9.84. The molecule has 0 radical (unpaired) electrons. The van der Waals surface area contributed by atoms with E-state index in [0.29, 0.717) is 15.9 Å². The quantitative estimate of drug-likeness (QED) is 0.337. The number of hydrogen-bond donors (Lipinski definition) is 0. The molecular weight excluding hydrogens is 406 g/mol. The molecule has 4 nitrogen and oxygen atoms in total. The molecule has 8 heteroatoms. The van der Waals surface area contributed by atoms with Crippen LogP contribution in [0.25, 0.3) is 6.08 Å². The molecule has 1 saturated heterocycles. The van der Waals surface area contributed by atoms with Crippen molar-refractivity contribution in [2.75, 3.05) is 18.6 Å². The third kappa shape index (κ3) is 5.65. The molecule has 1 heterocycles. The zero-order valence-corrected chi connectivity index (χ0v) is 16.6. The van der Waals surface area contributed by atoms with E-state index in [1.807, 2.05) is 35.7 Å². The molecule has 0 aliphatic carbocycles. The zero-order chi connectivity index (χ0) is 19.9. The van der Waals surface area contributed by atoms with Gasteiger partial charge in [-0.3, -0.25) is 0 Å². The summed E-state index contributed by atoms with van der Waals surface area (Å²) in [6.07, 6.45) is 2.77. The number of hydrogen-bond acceptors (Lipinski definition) is 6. The number of benzene rings is 2. The number of rotatable bonds is 7. The number of carbonyl (C=O) groups is 1. The van der Waals surface area contributed by atoms with Crippen molar-refractivity contribution < 1.29 is 27.8 Å². The predicted octanol–water partition coefficient (Wildman–Crippen LogP) is 5.39. The van der Waals surface area contributed by atoms with Gasteiger partial charge in [-0.25, -0.2) is 4.79 Å². The molecule has 1 fully saturated rings. The van der Waals surface area contributed by atoms with Crippen molar-refractivity contribution in [3.8, 4) is 17.2 Å². The summed E-state index contributed by atoms with van der Waals surface area (Å²) in [4.78, 5) is 12.0. The van der Waals surface area contributed by atoms with E-state index >= 15 is 0 Å². The third-order valence-electron chi connectivity index (χ3n) is 3.81. The molecule has 3 rings (SSSR count).